The zero-order valence-corrected chi connectivity index (χ0v) is 15.3. The summed E-state index contributed by atoms with van der Waals surface area (Å²) in [7, 11) is 1.41. The smallest absolute Gasteiger partial charge is 0.340 e. The number of ether oxygens (including phenoxy) is 1. The lowest BCUT2D eigenvalue weighted by molar-refractivity contribution is 0.0600. The topological polar surface area (TPSA) is 31.2 Å². The molecule has 128 valence electrons. The van der Waals surface area contributed by atoms with Crippen LogP contribution in [0.5, 0.6) is 0 Å². The van der Waals surface area contributed by atoms with Gasteiger partial charge in [0.05, 0.1) is 12.7 Å². The number of nitrogens with zero attached hydrogens (tertiary/aromatic N) is 1. The number of hydrogen-bond donors (Lipinski definition) is 0. The number of esters is 1. The highest BCUT2D eigenvalue weighted by atomic mass is 35.5. The van der Waals surface area contributed by atoms with Gasteiger partial charge >= 0.3 is 5.97 Å². The summed E-state index contributed by atoms with van der Waals surface area (Å²) in [5, 5.41) is 0.666. The second-order valence-electron chi connectivity index (χ2n) is 6.12. The average Bonchev–Trinajstić information content (AvgIpc) is 2.93. The minimum absolute atomic E-state index is 0.329. The number of benzene rings is 2. The summed E-state index contributed by atoms with van der Waals surface area (Å²) < 4.78 is 7.09. The molecule has 0 amide bonds. The van der Waals surface area contributed by atoms with Crippen molar-refractivity contribution in [1.82, 2.24) is 4.57 Å². The van der Waals surface area contributed by atoms with Gasteiger partial charge in [-0.25, -0.2) is 4.79 Å². The summed E-state index contributed by atoms with van der Waals surface area (Å²) >= 11 is 5.99. The fourth-order valence-electron chi connectivity index (χ4n) is 2.92. The molecule has 4 heteroatoms. The fourth-order valence-corrected chi connectivity index (χ4v) is 3.04. The molecular formula is C21H20ClNO2. The quantitative estimate of drug-likeness (QED) is 0.599. The molecule has 0 fully saturated rings. The zero-order valence-electron chi connectivity index (χ0n) is 14.5. The summed E-state index contributed by atoms with van der Waals surface area (Å²) in [5.41, 5.74) is 5.69. The number of aryl methyl sites for hydroxylation is 1. The molecule has 0 atom stereocenters. The van der Waals surface area contributed by atoms with E-state index in [1.165, 1.54) is 18.2 Å². The van der Waals surface area contributed by atoms with Crippen molar-refractivity contribution >= 4 is 17.6 Å². The van der Waals surface area contributed by atoms with Crippen LogP contribution in [-0.2, 0) is 11.3 Å². The number of carbonyl (C=O) groups is 1. The first-order chi connectivity index (χ1) is 12.0. The molecule has 1 heterocycles. The van der Waals surface area contributed by atoms with Gasteiger partial charge in [-0.1, -0.05) is 53.6 Å². The third-order valence-corrected chi connectivity index (χ3v) is 4.62. The zero-order chi connectivity index (χ0) is 18.0. The van der Waals surface area contributed by atoms with Gasteiger partial charge in [-0.05, 0) is 37.1 Å². The van der Waals surface area contributed by atoms with Gasteiger partial charge in [0, 0.05) is 29.0 Å². The number of aromatic nitrogens is 1. The maximum Gasteiger partial charge on any atom is 0.340 e. The van der Waals surface area contributed by atoms with Crippen LogP contribution in [0.4, 0.5) is 0 Å². The molecule has 0 aliphatic rings. The van der Waals surface area contributed by atoms with Gasteiger partial charge in [0.15, 0.2) is 0 Å². The minimum Gasteiger partial charge on any atom is -0.465 e. The highest BCUT2D eigenvalue weighted by Gasteiger charge is 2.21. The third kappa shape index (κ3) is 3.62. The molecule has 0 N–H and O–H groups in total. The van der Waals surface area contributed by atoms with Crippen LogP contribution in [0.1, 0.15) is 27.2 Å². The standard InChI is InChI=1S/C21H20ClNO2/c1-14-4-6-16(7-5-14)12-23-13-19(17-8-10-18(22)11-9-17)20(15(23)2)21(24)25-3/h4-11,13H,12H2,1-3H3. The molecule has 2 aromatic carbocycles. The third-order valence-electron chi connectivity index (χ3n) is 4.37. The SMILES string of the molecule is COC(=O)c1c(-c2ccc(Cl)cc2)cn(Cc2ccc(C)cc2)c1C. The molecule has 3 nitrogen and oxygen atoms in total. The highest BCUT2D eigenvalue weighted by Crippen LogP contribution is 2.30. The Morgan fingerprint density at radius 2 is 1.68 bits per heavy atom. The van der Waals surface area contributed by atoms with Crippen LogP contribution >= 0.6 is 11.6 Å². The Bertz CT molecular complexity index is 893. The van der Waals surface area contributed by atoms with Crippen LogP contribution in [0.25, 0.3) is 11.1 Å². The van der Waals surface area contributed by atoms with Gasteiger partial charge in [0.2, 0.25) is 0 Å². The van der Waals surface area contributed by atoms with Gasteiger partial charge in [0.25, 0.3) is 0 Å². The summed E-state index contributed by atoms with van der Waals surface area (Å²) in [6.07, 6.45) is 2.00. The van der Waals surface area contributed by atoms with Gasteiger partial charge in [-0.15, -0.1) is 0 Å². The van der Waals surface area contributed by atoms with E-state index < -0.39 is 0 Å². The van der Waals surface area contributed by atoms with E-state index >= 15 is 0 Å². The van der Waals surface area contributed by atoms with Crippen LogP contribution in [-0.4, -0.2) is 17.6 Å². The lowest BCUT2D eigenvalue weighted by Gasteiger charge is -2.07. The molecule has 0 saturated carbocycles. The molecule has 3 rings (SSSR count). The molecule has 0 spiro atoms. The van der Waals surface area contributed by atoms with E-state index in [0.29, 0.717) is 17.1 Å². The molecule has 0 aliphatic heterocycles. The Morgan fingerprint density at radius 3 is 2.28 bits per heavy atom. The maximum absolute atomic E-state index is 12.3. The molecular weight excluding hydrogens is 334 g/mol. The van der Waals surface area contributed by atoms with E-state index in [-0.39, 0.29) is 5.97 Å². The van der Waals surface area contributed by atoms with Gasteiger partial charge in [-0.3, -0.25) is 0 Å². The Hall–Kier alpha value is -2.52. The first-order valence-electron chi connectivity index (χ1n) is 8.09. The molecule has 3 aromatic rings. The van der Waals surface area contributed by atoms with Crippen LogP contribution < -0.4 is 0 Å². The van der Waals surface area contributed by atoms with Gasteiger partial charge in [-0.2, -0.15) is 0 Å². The molecule has 1 aromatic heterocycles. The largest absolute Gasteiger partial charge is 0.465 e. The van der Waals surface area contributed by atoms with Crippen molar-refractivity contribution in [3.05, 3.63) is 82.1 Å². The summed E-state index contributed by atoms with van der Waals surface area (Å²) in [6, 6.07) is 15.9. The van der Waals surface area contributed by atoms with E-state index in [1.807, 2.05) is 37.4 Å². The first-order valence-corrected chi connectivity index (χ1v) is 8.47. The Kier molecular flexibility index (Phi) is 4.95. The second-order valence-corrected chi connectivity index (χ2v) is 6.55. The first kappa shape index (κ1) is 17.3. The van der Waals surface area contributed by atoms with Crippen molar-refractivity contribution in [2.75, 3.05) is 7.11 Å². The summed E-state index contributed by atoms with van der Waals surface area (Å²) in [5.74, 6) is -0.329. The van der Waals surface area contributed by atoms with Gasteiger partial charge in [0.1, 0.15) is 0 Å². The normalized spacial score (nSPS) is 10.7. The highest BCUT2D eigenvalue weighted by molar-refractivity contribution is 6.30. The van der Waals surface area contributed by atoms with Crippen molar-refractivity contribution < 1.29 is 9.53 Å². The van der Waals surface area contributed by atoms with Crippen molar-refractivity contribution in [2.45, 2.75) is 20.4 Å². The molecule has 0 unspecified atom stereocenters. The monoisotopic (exact) mass is 353 g/mol. The molecule has 0 radical (unpaired) electrons. The number of carbonyl (C=O) groups excluding carboxylic acids is 1. The number of halogens is 1. The van der Waals surface area contributed by atoms with Crippen molar-refractivity contribution in [3.8, 4) is 11.1 Å². The maximum atomic E-state index is 12.3. The van der Waals surface area contributed by atoms with E-state index in [4.69, 9.17) is 16.3 Å². The molecule has 0 aliphatic carbocycles. The Labute approximate surface area is 152 Å². The van der Waals surface area contributed by atoms with Gasteiger partial charge < -0.3 is 9.30 Å². The summed E-state index contributed by atoms with van der Waals surface area (Å²) in [6.45, 7) is 4.71. The Morgan fingerprint density at radius 1 is 1.04 bits per heavy atom. The molecule has 25 heavy (non-hydrogen) atoms. The Balaban J connectivity index is 2.06. The van der Waals surface area contributed by atoms with E-state index in [1.54, 1.807) is 0 Å². The lowest BCUT2D eigenvalue weighted by Crippen LogP contribution is -2.06. The molecule has 0 bridgehead atoms. The van der Waals surface area contributed by atoms with Crippen molar-refractivity contribution in [3.63, 3.8) is 0 Å². The lowest BCUT2D eigenvalue weighted by atomic mass is 10.0. The molecule has 0 saturated heterocycles. The average molecular weight is 354 g/mol. The fraction of sp³-hybridized carbons (Fsp3) is 0.190. The van der Waals surface area contributed by atoms with Crippen molar-refractivity contribution in [2.24, 2.45) is 0 Å². The van der Waals surface area contributed by atoms with Crippen molar-refractivity contribution in [1.29, 1.82) is 0 Å². The second kappa shape index (κ2) is 7.16. The van der Waals surface area contributed by atoms with Crippen LogP contribution in [0, 0.1) is 13.8 Å². The van der Waals surface area contributed by atoms with Crippen LogP contribution in [0.3, 0.4) is 0 Å². The van der Waals surface area contributed by atoms with E-state index in [9.17, 15) is 4.79 Å². The number of methoxy groups -OCH3 is 1. The van der Waals surface area contributed by atoms with E-state index in [2.05, 4.69) is 35.8 Å². The number of rotatable bonds is 4. The predicted molar refractivity (Wildman–Crippen MR) is 101 cm³/mol. The summed E-state index contributed by atoms with van der Waals surface area (Å²) in [4.78, 5) is 12.3. The predicted octanol–water partition coefficient (Wildman–Crippen LogP) is 5.26. The van der Waals surface area contributed by atoms with Crippen LogP contribution in [0.2, 0.25) is 5.02 Å². The minimum atomic E-state index is -0.329. The van der Waals surface area contributed by atoms with E-state index in [0.717, 1.165) is 16.8 Å². The van der Waals surface area contributed by atoms with Crippen LogP contribution in [0.15, 0.2) is 54.7 Å². The number of hydrogen-bond acceptors (Lipinski definition) is 2.